The van der Waals surface area contributed by atoms with Crippen molar-refractivity contribution < 1.29 is 13.2 Å². The second-order valence-electron chi connectivity index (χ2n) is 7.66. The molecule has 0 spiro atoms. The van der Waals surface area contributed by atoms with Gasteiger partial charge in [0.25, 0.3) is 0 Å². The van der Waals surface area contributed by atoms with E-state index in [1.165, 1.54) is 28.8 Å². The zero-order valence-corrected chi connectivity index (χ0v) is 18.8. The highest BCUT2D eigenvalue weighted by molar-refractivity contribution is 9.10. The molecule has 9 nitrogen and oxygen atoms in total. The van der Waals surface area contributed by atoms with Crippen LogP contribution >= 0.6 is 15.9 Å². The van der Waals surface area contributed by atoms with Gasteiger partial charge in [-0.05, 0) is 54.3 Å². The molecule has 0 saturated heterocycles. The van der Waals surface area contributed by atoms with Crippen molar-refractivity contribution >= 4 is 48.6 Å². The smallest absolute Gasteiger partial charge is 0.317 e. The number of aromatic amines is 1. The van der Waals surface area contributed by atoms with Gasteiger partial charge in [-0.25, -0.2) is 13.6 Å². The fraction of sp³-hybridized carbons (Fsp3) is 0.250. The highest BCUT2D eigenvalue weighted by Crippen LogP contribution is 2.35. The van der Waals surface area contributed by atoms with Crippen LogP contribution in [0.5, 0.6) is 0 Å². The molecule has 0 aliphatic carbocycles. The summed E-state index contributed by atoms with van der Waals surface area (Å²) in [4.78, 5) is 40.2. The number of halogens is 1. The summed E-state index contributed by atoms with van der Waals surface area (Å²) in [6.07, 6.45) is 0.620. The number of benzene rings is 2. The Morgan fingerprint density at radius 1 is 1.26 bits per heavy atom. The van der Waals surface area contributed by atoms with Crippen LogP contribution in [0.15, 0.2) is 55.4 Å². The molecule has 0 unspecified atom stereocenters. The Bertz CT molecular complexity index is 1430. The Hall–Kier alpha value is -2.76. The first-order valence-corrected chi connectivity index (χ1v) is 11.8. The van der Waals surface area contributed by atoms with Gasteiger partial charge in [-0.2, -0.15) is 0 Å². The number of sulfonamides is 1. The third-order valence-electron chi connectivity index (χ3n) is 5.45. The van der Waals surface area contributed by atoms with Gasteiger partial charge in [-0.3, -0.25) is 19.0 Å². The van der Waals surface area contributed by atoms with Gasteiger partial charge in [0.05, 0.1) is 15.9 Å². The monoisotopic (exact) mass is 506 g/mol. The average Bonchev–Trinajstić information content (AvgIpc) is 2.67. The SMILES string of the molecule is C[C@@H]1Cc2cc(Br)cc3[nH]c(=O)c(=O)n(c23)[C@H]1CC(=O)Nc1ccc(S(N)(=O)=O)cc1. The van der Waals surface area contributed by atoms with E-state index >= 15 is 0 Å². The van der Waals surface area contributed by atoms with Crippen LogP contribution in [0.3, 0.4) is 0 Å². The second-order valence-corrected chi connectivity index (χ2v) is 10.1. The average molecular weight is 507 g/mol. The Morgan fingerprint density at radius 2 is 1.94 bits per heavy atom. The molecule has 1 amide bonds. The Morgan fingerprint density at radius 3 is 2.58 bits per heavy atom. The molecule has 1 aliphatic rings. The standard InChI is InChI=1S/C20H19BrN4O5S/c1-10-6-11-7-12(21)8-15-18(11)25(20(28)19(27)24-15)16(10)9-17(26)23-13-2-4-14(5-3-13)31(22,29)30/h2-5,7-8,10,16H,6,9H2,1H3,(H,23,26)(H,24,27)(H2,22,29,30)/t10-,16+/m1/s1. The van der Waals surface area contributed by atoms with Crippen molar-refractivity contribution in [2.75, 3.05) is 5.32 Å². The molecular weight excluding hydrogens is 488 g/mol. The lowest BCUT2D eigenvalue weighted by molar-refractivity contribution is -0.117. The van der Waals surface area contributed by atoms with E-state index in [1.54, 1.807) is 6.07 Å². The molecule has 2 atom stereocenters. The number of H-pyrrole nitrogens is 1. The summed E-state index contributed by atoms with van der Waals surface area (Å²) in [6, 6.07) is 8.61. The van der Waals surface area contributed by atoms with Crippen molar-refractivity contribution in [3.8, 4) is 0 Å². The summed E-state index contributed by atoms with van der Waals surface area (Å²) in [5.41, 5.74) is 1.03. The quantitative estimate of drug-likeness (QED) is 0.462. The molecule has 11 heteroatoms. The van der Waals surface area contributed by atoms with Gasteiger partial charge < -0.3 is 10.3 Å². The lowest BCUT2D eigenvalue weighted by Gasteiger charge is -2.32. The number of hydrogen-bond donors (Lipinski definition) is 3. The number of carbonyl (C=O) groups excluding carboxylic acids is 1. The van der Waals surface area contributed by atoms with Crippen molar-refractivity contribution in [1.82, 2.24) is 9.55 Å². The third-order valence-corrected chi connectivity index (χ3v) is 6.83. The number of carbonyl (C=O) groups is 1. The zero-order chi connectivity index (χ0) is 22.5. The number of amides is 1. The minimum absolute atomic E-state index is 0.0218. The number of hydrogen-bond acceptors (Lipinski definition) is 5. The molecule has 4 rings (SSSR count). The van der Waals surface area contributed by atoms with Gasteiger partial charge in [0.2, 0.25) is 15.9 Å². The number of primary sulfonamides is 1. The molecule has 162 valence electrons. The Kier molecular flexibility index (Phi) is 5.36. The maximum atomic E-state index is 12.7. The van der Waals surface area contributed by atoms with Crippen LogP contribution in [0.1, 0.15) is 24.9 Å². The fourth-order valence-electron chi connectivity index (χ4n) is 4.05. The minimum Gasteiger partial charge on any atom is -0.326 e. The van der Waals surface area contributed by atoms with E-state index in [-0.39, 0.29) is 23.1 Å². The maximum absolute atomic E-state index is 12.7. The van der Waals surface area contributed by atoms with Crippen LogP contribution in [0, 0.1) is 5.92 Å². The zero-order valence-electron chi connectivity index (χ0n) is 16.4. The summed E-state index contributed by atoms with van der Waals surface area (Å²) in [5.74, 6) is -0.430. The van der Waals surface area contributed by atoms with Crippen molar-refractivity contribution in [3.05, 3.63) is 67.1 Å². The van der Waals surface area contributed by atoms with Crippen LogP contribution in [0.2, 0.25) is 0 Å². The molecule has 0 bridgehead atoms. The molecule has 1 aliphatic heterocycles. The van der Waals surface area contributed by atoms with Gasteiger partial charge in [0.15, 0.2) is 0 Å². The van der Waals surface area contributed by atoms with Gasteiger partial charge in [-0.1, -0.05) is 22.9 Å². The molecule has 0 saturated carbocycles. The van der Waals surface area contributed by atoms with E-state index in [9.17, 15) is 22.8 Å². The fourth-order valence-corrected chi connectivity index (χ4v) is 5.07. The van der Waals surface area contributed by atoms with Crippen molar-refractivity contribution in [2.45, 2.75) is 30.7 Å². The van der Waals surface area contributed by atoms with Crippen LogP contribution in [0.25, 0.3) is 11.0 Å². The summed E-state index contributed by atoms with van der Waals surface area (Å²) < 4.78 is 24.9. The second kappa shape index (κ2) is 7.74. The van der Waals surface area contributed by atoms with Gasteiger partial charge in [0, 0.05) is 22.6 Å². The number of nitrogens with two attached hydrogens (primary N) is 1. The van der Waals surface area contributed by atoms with Crippen LogP contribution in [-0.2, 0) is 21.2 Å². The Labute approximate surface area is 185 Å². The molecular formula is C20H19BrN4O5S. The first-order chi connectivity index (χ1) is 14.5. The van der Waals surface area contributed by atoms with Crippen LogP contribution in [-0.4, -0.2) is 23.9 Å². The maximum Gasteiger partial charge on any atom is 0.317 e. The molecule has 3 aromatic rings. The summed E-state index contributed by atoms with van der Waals surface area (Å²) in [5, 5.41) is 7.78. The van der Waals surface area contributed by atoms with E-state index in [0.29, 0.717) is 23.1 Å². The molecule has 0 fully saturated rings. The van der Waals surface area contributed by atoms with Crippen molar-refractivity contribution in [2.24, 2.45) is 11.1 Å². The van der Waals surface area contributed by atoms with Crippen LogP contribution < -0.4 is 21.6 Å². The summed E-state index contributed by atoms with van der Waals surface area (Å²) >= 11 is 3.43. The minimum atomic E-state index is -3.83. The number of aromatic nitrogens is 2. The topological polar surface area (TPSA) is 144 Å². The predicted molar refractivity (Wildman–Crippen MR) is 119 cm³/mol. The largest absolute Gasteiger partial charge is 0.326 e. The van der Waals surface area contributed by atoms with Gasteiger partial charge >= 0.3 is 11.1 Å². The molecule has 0 radical (unpaired) electrons. The molecule has 31 heavy (non-hydrogen) atoms. The van der Waals surface area contributed by atoms with Crippen molar-refractivity contribution in [3.63, 3.8) is 0 Å². The Balaban J connectivity index is 1.67. The lowest BCUT2D eigenvalue weighted by atomic mass is 9.87. The number of anilines is 1. The summed E-state index contributed by atoms with van der Waals surface area (Å²) in [7, 11) is -3.83. The molecule has 4 N–H and O–H groups in total. The molecule has 1 aromatic heterocycles. The predicted octanol–water partition coefficient (Wildman–Crippen LogP) is 1.86. The normalized spacial score (nSPS) is 18.2. The van der Waals surface area contributed by atoms with E-state index in [1.807, 2.05) is 13.0 Å². The van der Waals surface area contributed by atoms with Gasteiger partial charge in [-0.15, -0.1) is 0 Å². The first kappa shape index (κ1) is 21.5. The highest BCUT2D eigenvalue weighted by Gasteiger charge is 2.31. The van der Waals surface area contributed by atoms with Crippen LogP contribution in [0.4, 0.5) is 5.69 Å². The number of nitrogens with zero attached hydrogens (tertiary/aromatic N) is 1. The third kappa shape index (κ3) is 4.08. The van der Waals surface area contributed by atoms with E-state index < -0.39 is 27.2 Å². The van der Waals surface area contributed by atoms with E-state index in [2.05, 4.69) is 26.2 Å². The van der Waals surface area contributed by atoms with E-state index in [0.717, 1.165) is 10.0 Å². The highest BCUT2D eigenvalue weighted by atomic mass is 79.9. The van der Waals surface area contributed by atoms with E-state index in [4.69, 9.17) is 5.14 Å². The van der Waals surface area contributed by atoms with Gasteiger partial charge in [0.1, 0.15) is 0 Å². The number of nitrogens with one attached hydrogen (secondary N) is 2. The van der Waals surface area contributed by atoms with Crippen molar-refractivity contribution in [1.29, 1.82) is 0 Å². The number of rotatable bonds is 4. The lowest BCUT2D eigenvalue weighted by Crippen LogP contribution is -2.43. The summed E-state index contributed by atoms with van der Waals surface area (Å²) in [6.45, 7) is 1.93. The molecule has 2 heterocycles. The molecule has 2 aromatic carbocycles. The first-order valence-electron chi connectivity index (χ1n) is 9.44.